The van der Waals surface area contributed by atoms with Crippen LogP contribution in [0.3, 0.4) is 0 Å². The molecule has 1 aromatic heterocycles. The zero-order valence-corrected chi connectivity index (χ0v) is 16.8. The minimum absolute atomic E-state index is 0.0621. The Bertz CT molecular complexity index is 1060. The van der Waals surface area contributed by atoms with Gasteiger partial charge in [-0.3, -0.25) is 0 Å². The second kappa shape index (κ2) is 7.12. The monoisotopic (exact) mass is 430 g/mol. The molecule has 1 heterocycles. The SMILES string of the molecule is CN(C)c1oc(-c2ccc(Cl)cc2Cl)nc1S(=O)(=O)c1ccc(Cl)cc1. The maximum Gasteiger partial charge on any atom is 0.235 e. The number of halogens is 3. The quantitative estimate of drug-likeness (QED) is 0.568. The lowest BCUT2D eigenvalue weighted by Crippen LogP contribution is -2.13. The van der Waals surface area contributed by atoms with Gasteiger partial charge in [0.2, 0.25) is 26.6 Å². The minimum Gasteiger partial charge on any atom is -0.419 e. The van der Waals surface area contributed by atoms with Crippen LogP contribution in [0.5, 0.6) is 0 Å². The van der Waals surface area contributed by atoms with Crippen molar-refractivity contribution in [1.29, 1.82) is 0 Å². The Labute approximate surface area is 166 Å². The molecule has 0 aliphatic heterocycles. The molecule has 2 aromatic carbocycles. The van der Waals surface area contributed by atoms with E-state index in [0.717, 1.165) is 0 Å². The van der Waals surface area contributed by atoms with Gasteiger partial charge in [0.15, 0.2) is 0 Å². The van der Waals surface area contributed by atoms with Gasteiger partial charge >= 0.3 is 0 Å². The van der Waals surface area contributed by atoms with Gasteiger partial charge in [-0.15, -0.1) is 0 Å². The number of hydrogen-bond acceptors (Lipinski definition) is 5. The molecule has 136 valence electrons. The second-order valence-electron chi connectivity index (χ2n) is 5.61. The molecule has 0 N–H and O–H groups in total. The van der Waals surface area contributed by atoms with Gasteiger partial charge in [0.05, 0.1) is 15.5 Å². The molecule has 3 rings (SSSR count). The summed E-state index contributed by atoms with van der Waals surface area (Å²) in [5, 5.41) is 0.989. The molecule has 0 atom stereocenters. The predicted molar refractivity (Wildman–Crippen MR) is 103 cm³/mol. The van der Waals surface area contributed by atoms with E-state index in [4.69, 9.17) is 39.2 Å². The average molecular weight is 432 g/mol. The molecule has 0 saturated carbocycles. The lowest BCUT2D eigenvalue weighted by molar-refractivity contribution is 0.564. The fourth-order valence-corrected chi connectivity index (χ4v) is 4.25. The van der Waals surface area contributed by atoms with E-state index in [1.807, 2.05) is 0 Å². The van der Waals surface area contributed by atoms with Crippen LogP contribution in [0.1, 0.15) is 0 Å². The van der Waals surface area contributed by atoms with E-state index < -0.39 is 9.84 Å². The van der Waals surface area contributed by atoms with Gasteiger partial charge in [-0.2, -0.15) is 4.98 Å². The molecule has 0 bridgehead atoms. The van der Waals surface area contributed by atoms with E-state index in [2.05, 4.69) is 4.98 Å². The third-order valence-corrected chi connectivity index (χ3v) is 5.99. The second-order valence-corrected chi connectivity index (χ2v) is 8.75. The lowest BCUT2D eigenvalue weighted by Gasteiger charge is -2.10. The summed E-state index contributed by atoms with van der Waals surface area (Å²) >= 11 is 17.9. The van der Waals surface area contributed by atoms with Crippen molar-refractivity contribution in [3.05, 3.63) is 57.5 Å². The Balaban J connectivity index is 2.18. The molecule has 0 spiro atoms. The summed E-state index contributed by atoms with van der Waals surface area (Å²) in [6, 6.07) is 10.6. The maximum absolute atomic E-state index is 13.0. The molecule has 0 aliphatic carbocycles. The molecule has 5 nitrogen and oxygen atoms in total. The molecule has 0 saturated heterocycles. The highest BCUT2D eigenvalue weighted by Crippen LogP contribution is 2.37. The third-order valence-electron chi connectivity index (χ3n) is 3.53. The summed E-state index contributed by atoms with van der Waals surface area (Å²) in [5.74, 6) is 0.184. The number of rotatable bonds is 4. The van der Waals surface area contributed by atoms with E-state index in [-0.39, 0.29) is 21.7 Å². The van der Waals surface area contributed by atoms with Gasteiger partial charge in [-0.25, -0.2) is 8.42 Å². The Kier molecular flexibility index (Phi) is 5.21. The highest BCUT2D eigenvalue weighted by Gasteiger charge is 2.30. The predicted octanol–water partition coefficient (Wildman–Crippen LogP) is 5.20. The molecule has 0 unspecified atom stereocenters. The van der Waals surface area contributed by atoms with Crippen LogP contribution in [0.15, 0.2) is 56.8 Å². The Hall–Kier alpha value is -1.73. The third kappa shape index (κ3) is 3.55. The molecule has 0 radical (unpaired) electrons. The van der Waals surface area contributed by atoms with Gasteiger partial charge in [0, 0.05) is 24.1 Å². The highest BCUT2D eigenvalue weighted by atomic mass is 35.5. The normalized spacial score (nSPS) is 11.6. The van der Waals surface area contributed by atoms with Gasteiger partial charge < -0.3 is 9.32 Å². The smallest absolute Gasteiger partial charge is 0.235 e. The first-order valence-electron chi connectivity index (χ1n) is 7.34. The van der Waals surface area contributed by atoms with Crippen molar-refractivity contribution in [3.63, 3.8) is 0 Å². The first-order valence-corrected chi connectivity index (χ1v) is 9.96. The first kappa shape index (κ1) is 19.0. The van der Waals surface area contributed by atoms with Crippen LogP contribution < -0.4 is 4.90 Å². The number of nitrogens with zero attached hydrogens (tertiary/aromatic N) is 2. The number of aromatic nitrogens is 1. The highest BCUT2D eigenvalue weighted by molar-refractivity contribution is 7.91. The summed E-state index contributed by atoms with van der Waals surface area (Å²) in [6.45, 7) is 0. The maximum atomic E-state index is 13.0. The largest absolute Gasteiger partial charge is 0.419 e. The average Bonchev–Trinajstić information content (AvgIpc) is 3.01. The van der Waals surface area contributed by atoms with Gasteiger partial charge in [0.1, 0.15) is 0 Å². The van der Waals surface area contributed by atoms with Crippen LogP contribution in [0.25, 0.3) is 11.5 Å². The first-order chi connectivity index (χ1) is 12.2. The number of hydrogen-bond donors (Lipinski definition) is 0. The summed E-state index contributed by atoms with van der Waals surface area (Å²) in [7, 11) is -0.591. The Morgan fingerprint density at radius 1 is 0.962 bits per heavy atom. The van der Waals surface area contributed by atoms with Crippen molar-refractivity contribution in [2.45, 2.75) is 9.92 Å². The van der Waals surface area contributed by atoms with Gasteiger partial charge in [0.25, 0.3) is 0 Å². The molecule has 0 amide bonds. The molecule has 0 fully saturated rings. The van der Waals surface area contributed by atoms with Crippen molar-refractivity contribution in [2.24, 2.45) is 0 Å². The van der Waals surface area contributed by atoms with Crippen LogP contribution in [0.4, 0.5) is 5.88 Å². The van der Waals surface area contributed by atoms with Crippen molar-refractivity contribution >= 4 is 50.5 Å². The zero-order chi connectivity index (χ0) is 19.1. The summed E-state index contributed by atoms with van der Waals surface area (Å²) in [6.07, 6.45) is 0. The van der Waals surface area contributed by atoms with Crippen molar-refractivity contribution in [1.82, 2.24) is 4.98 Å². The molecule has 3 aromatic rings. The van der Waals surface area contributed by atoms with Crippen molar-refractivity contribution < 1.29 is 12.8 Å². The van der Waals surface area contributed by atoms with Crippen LogP contribution in [-0.4, -0.2) is 27.5 Å². The molecule has 0 aliphatic rings. The van der Waals surface area contributed by atoms with E-state index in [9.17, 15) is 8.42 Å². The van der Waals surface area contributed by atoms with Crippen molar-refractivity contribution in [3.8, 4) is 11.5 Å². The summed E-state index contributed by atoms with van der Waals surface area (Å²) < 4.78 is 31.7. The number of oxazole rings is 1. The molecular formula is C17H13Cl3N2O3S. The van der Waals surface area contributed by atoms with E-state index in [0.29, 0.717) is 20.6 Å². The Morgan fingerprint density at radius 2 is 1.58 bits per heavy atom. The van der Waals surface area contributed by atoms with E-state index in [1.54, 1.807) is 26.2 Å². The van der Waals surface area contributed by atoms with Gasteiger partial charge in [-0.05, 0) is 42.5 Å². The number of benzene rings is 2. The van der Waals surface area contributed by atoms with Crippen LogP contribution >= 0.6 is 34.8 Å². The van der Waals surface area contributed by atoms with Gasteiger partial charge in [-0.1, -0.05) is 34.8 Å². The molecular weight excluding hydrogens is 419 g/mol. The fraction of sp³-hybridized carbons (Fsp3) is 0.118. The van der Waals surface area contributed by atoms with E-state index >= 15 is 0 Å². The standard InChI is InChI=1S/C17H13Cl3N2O3S/c1-22(2)17-16(26(23,24)12-6-3-10(18)4-7-12)21-15(25-17)13-8-5-11(19)9-14(13)20/h3-9H,1-2H3. The summed E-state index contributed by atoms with van der Waals surface area (Å²) in [4.78, 5) is 5.80. The summed E-state index contributed by atoms with van der Waals surface area (Å²) in [5.41, 5.74) is 0.441. The minimum atomic E-state index is -3.91. The van der Waals surface area contributed by atoms with Crippen LogP contribution in [0.2, 0.25) is 15.1 Å². The Morgan fingerprint density at radius 3 is 2.15 bits per heavy atom. The zero-order valence-electron chi connectivity index (χ0n) is 13.7. The number of sulfone groups is 1. The van der Waals surface area contributed by atoms with Crippen LogP contribution in [0, 0.1) is 0 Å². The molecule has 9 heteroatoms. The number of anilines is 1. The van der Waals surface area contributed by atoms with Crippen molar-refractivity contribution in [2.75, 3.05) is 19.0 Å². The molecule has 26 heavy (non-hydrogen) atoms. The topological polar surface area (TPSA) is 63.4 Å². The lowest BCUT2D eigenvalue weighted by atomic mass is 10.2. The van der Waals surface area contributed by atoms with E-state index in [1.165, 1.54) is 35.2 Å². The van der Waals surface area contributed by atoms with Crippen LogP contribution in [-0.2, 0) is 9.84 Å². The fourth-order valence-electron chi connectivity index (χ4n) is 2.26.